The van der Waals surface area contributed by atoms with Gasteiger partial charge in [0.05, 0.1) is 11.3 Å². The second kappa shape index (κ2) is 8.99. The Labute approximate surface area is 151 Å². The van der Waals surface area contributed by atoms with Gasteiger partial charge in [-0.25, -0.2) is 0 Å². The minimum absolute atomic E-state index is 0.0990. The van der Waals surface area contributed by atoms with Gasteiger partial charge in [-0.3, -0.25) is 9.78 Å². The van der Waals surface area contributed by atoms with E-state index in [1.807, 2.05) is 11.0 Å². The molecule has 3 rings (SSSR count). The number of carbonyl (C=O) groups excluding carboxylic acids is 1. The monoisotopic (exact) mass is 342 g/mol. The molecule has 1 aromatic heterocycles. The molecule has 0 bridgehead atoms. The summed E-state index contributed by atoms with van der Waals surface area (Å²) in [5, 5.41) is 3.42. The topological polar surface area (TPSA) is 48.5 Å². The fourth-order valence-electron chi connectivity index (χ4n) is 3.60. The lowest BCUT2D eigenvalue weighted by Gasteiger charge is -2.34. The van der Waals surface area contributed by atoms with Crippen LogP contribution in [0.3, 0.4) is 0 Å². The maximum Gasteiger partial charge on any atom is 0.255 e. The summed E-state index contributed by atoms with van der Waals surface area (Å²) in [7, 11) is 0. The molecule has 0 spiro atoms. The van der Waals surface area contributed by atoms with E-state index in [-0.39, 0.29) is 5.91 Å². The lowest BCUT2D eigenvalue weighted by Crippen LogP contribution is -2.48. The summed E-state index contributed by atoms with van der Waals surface area (Å²) >= 11 is 0. The molecule has 1 aromatic rings. The van der Waals surface area contributed by atoms with Gasteiger partial charge in [-0.2, -0.15) is 0 Å². The zero-order valence-corrected chi connectivity index (χ0v) is 15.3. The van der Waals surface area contributed by atoms with Crippen molar-refractivity contribution in [2.45, 2.75) is 39.0 Å². The Kier molecular flexibility index (Phi) is 6.45. The molecule has 2 aliphatic rings. The molecule has 5 nitrogen and oxygen atoms in total. The summed E-state index contributed by atoms with van der Waals surface area (Å²) in [4.78, 5) is 21.3. The Morgan fingerprint density at radius 1 is 1.20 bits per heavy atom. The number of aromatic nitrogens is 1. The smallest absolute Gasteiger partial charge is 0.255 e. The van der Waals surface area contributed by atoms with Crippen molar-refractivity contribution >= 4 is 11.6 Å². The van der Waals surface area contributed by atoms with Crippen molar-refractivity contribution in [3.05, 3.63) is 35.7 Å². The summed E-state index contributed by atoms with van der Waals surface area (Å²) < 4.78 is 0. The zero-order chi connectivity index (χ0) is 17.5. The highest BCUT2D eigenvalue weighted by atomic mass is 16.2. The van der Waals surface area contributed by atoms with Gasteiger partial charge in [0.1, 0.15) is 0 Å². The van der Waals surface area contributed by atoms with Gasteiger partial charge >= 0.3 is 0 Å². The van der Waals surface area contributed by atoms with E-state index >= 15 is 0 Å². The number of anilines is 1. The van der Waals surface area contributed by atoms with Crippen molar-refractivity contribution in [1.82, 2.24) is 14.8 Å². The largest absolute Gasteiger partial charge is 0.383 e. The highest BCUT2D eigenvalue weighted by Crippen LogP contribution is 2.20. The maximum atomic E-state index is 12.7. The first-order chi connectivity index (χ1) is 12.3. The molecular formula is C20H30N4O. The molecule has 0 atom stereocenters. The Morgan fingerprint density at radius 3 is 2.76 bits per heavy atom. The summed E-state index contributed by atoms with van der Waals surface area (Å²) in [5.74, 6) is 0.0990. The molecule has 25 heavy (non-hydrogen) atoms. The van der Waals surface area contributed by atoms with E-state index in [2.05, 4.69) is 28.2 Å². The van der Waals surface area contributed by atoms with Gasteiger partial charge < -0.3 is 15.1 Å². The van der Waals surface area contributed by atoms with E-state index < -0.39 is 0 Å². The summed E-state index contributed by atoms with van der Waals surface area (Å²) in [6.45, 7) is 7.65. The number of rotatable bonds is 6. The van der Waals surface area contributed by atoms with Crippen LogP contribution in [-0.2, 0) is 0 Å². The molecule has 0 radical (unpaired) electrons. The zero-order valence-electron chi connectivity index (χ0n) is 15.3. The summed E-state index contributed by atoms with van der Waals surface area (Å²) in [6.07, 6.45) is 12.1. The molecule has 1 saturated heterocycles. The van der Waals surface area contributed by atoms with Crippen LogP contribution in [0.15, 0.2) is 30.1 Å². The maximum absolute atomic E-state index is 12.7. The normalized spacial score (nSPS) is 18.8. The van der Waals surface area contributed by atoms with Gasteiger partial charge in [0.25, 0.3) is 5.91 Å². The van der Waals surface area contributed by atoms with Crippen LogP contribution in [0.1, 0.15) is 49.4 Å². The number of amides is 1. The molecule has 0 unspecified atom stereocenters. The van der Waals surface area contributed by atoms with E-state index in [4.69, 9.17) is 0 Å². The Bertz CT molecular complexity index is 605. The third-order valence-electron chi connectivity index (χ3n) is 5.25. The molecular weight excluding hydrogens is 312 g/mol. The molecule has 0 saturated carbocycles. The Hall–Kier alpha value is -1.88. The molecule has 1 aliphatic carbocycles. The molecule has 5 heteroatoms. The lowest BCUT2D eigenvalue weighted by atomic mass is 9.97. The van der Waals surface area contributed by atoms with Crippen molar-refractivity contribution in [3.8, 4) is 0 Å². The summed E-state index contributed by atoms with van der Waals surface area (Å²) in [6, 6.07) is 1.94. The fourth-order valence-corrected chi connectivity index (χ4v) is 3.60. The van der Waals surface area contributed by atoms with E-state index in [9.17, 15) is 4.79 Å². The van der Waals surface area contributed by atoms with Crippen LogP contribution in [-0.4, -0.2) is 60.0 Å². The first kappa shape index (κ1) is 17.9. The number of piperazine rings is 1. The molecule has 2 heterocycles. The van der Waals surface area contributed by atoms with Gasteiger partial charge in [0, 0.05) is 45.1 Å². The third kappa shape index (κ3) is 5.05. The number of likely N-dealkylation sites (N-methyl/N-ethyl adjacent to an activating group) is 1. The van der Waals surface area contributed by atoms with Crippen LogP contribution in [0.4, 0.5) is 5.69 Å². The average Bonchev–Trinajstić information content (AvgIpc) is 2.68. The second-order valence-corrected chi connectivity index (χ2v) is 6.97. The van der Waals surface area contributed by atoms with Crippen LogP contribution in [0, 0.1) is 0 Å². The number of carbonyl (C=O) groups is 1. The van der Waals surface area contributed by atoms with Crippen LogP contribution in [0.25, 0.3) is 0 Å². The van der Waals surface area contributed by atoms with Gasteiger partial charge in [0.15, 0.2) is 0 Å². The number of hydrogen-bond acceptors (Lipinski definition) is 4. The number of nitrogens with zero attached hydrogens (tertiary/aromatic N) is 3. The SMILES string of the molecule is CCN1CCN(C(=O)c2cncc(NCCC3=CCCCC3)c2)CC1. The average molecular weight is 342 g/mol. The minimum atomic E-state index is 0.0990. The van der Waals surface area contributed by atoms with Crippen LogP contribution in [0.2, 0.25) is 0 Å². The van der Waals surface area contributed by atoms with Crippen molar-refractivity contribution in [2.24, 2.45) is 0 Å². The summed E-state index contributed by atoms with van der Waals surface area (Å²) in [5.41, 5.74) is 3.19. The highest BCUT2D eigenvalue weighted by Gasteiger charge is 2.21. The first-order valence-corrected chi connectivity index (χ1v) is 9.64. The minimum Gasteiger partial charge on any atom is -0.383 e. The Morgan fingerprint density at radius 2 is 2.04 bits per heavy atom. The van der Waals surface area contributed by atoms with Crippen molar-refractivity contribution < 1.29 is 4.79 Å². The standard InChI is InChI=1S/C20H30N4O/c1-2-23-10-12-24(13-11-23)20(25)18-14-19(16-21-15-18)22-9-8-17-6-4-3-5-7-17/h6,14-16,22H,2-5,7-13H2,1H3. The van der Waals surface area contributed by atoms with E-state index in [1.54, 1.807) is 18.0 Å². The van der Waals surface area contributed by atoms with E-state index in [1.165, 1.54) is 25.7 Å². The number of hydrogen-bond donors (Lipinski definition) is 1. The molecule has 1 aliphatic heterocycles. The molecule has 0 aromatic carbocycles. The quantitative estimate of drug-likeness (QED) is 0.807. The fraction of sp³-hybridized carbons (Fsp3) is 0.600. The molecule has 1 fully saturated rings. The van der Waals surface area contributed by atoms with Gasteiger partial charge in [0.2, 0.25) is 0 Å². The van der Waals surface area contributed by atoms with E-state index in [0.29, 0.717) is 5.56 Å². The van der Waals surface area contributed by atoms with Crippen molar-refractivity contribution in [2.75, 3.05) is 44.6 Å². The number of pyridine rings is 1. The number of allylic oxidation sites excluding steroid dienone is 1. The predicted molar refractivity (Wildman–Crippen MR) is 102 cm³/mol. The molecule has 136 valence electrons. The highest BCUT2D eigenvalue weighted by molar-refractivity contribution is 5.94. The Balaban J connectivity index is 1.52. The van der Waals surface area contributed by atoms with E-state index in [0.717, 1.165) is 51.4 Å². The van der Waals surface area contributed by atoms with Crippen molar-refractivity contribution in [3.63, 3.8) is 0 Å². The van der Waals surface area contributed by atoms with Gasteiger partial charge in [-0.15, -0.1) is 0 Å². The second-order valence-electron chi connectivity index (χ2n) is 6.97. The molecule has 1 N–H and O–H groups in total. The number of nitrogens with one attached hydrogen (secondary N) is 1. The van der Waals surface area contributed by atoms with Crippen molar-refractivity contribution in [1.29, 1.82) is 0 Å². The third-order valence-corrected chi connectivity index (χ3v) is 5.25. The van der Waals surface area contributed by atoms with Crippen LogP contribution in [0.5, 0.6) is 0 Å². The van der Waals surface area contributed by atoms with Crippen LogP contribution >= 0.6 is 0 Å². The predicted octanol–water partition coefficient (Wildman–Crippen LogP) is 3.16. The first-order valence-electron chi connectivity index (χ1n) is 9.64. The van der Waals surface area contributed by atoms with Crippen LogP contribution < -0.4 is 5.32 Å². The molecule has 1 amide bonds. The van der Waals surface area contributed by atoms with Gasteiger partial charge in [-0.1, -0.05) is 18.6 Å². The lowest BCUT2D eigenvalue weighted by molar-refractivity contribution is 0.0643. The van der Waals surface area contributed by atoms with Gasteiger partial charge in [-0.05, 0) is 44.7 Å².